The highest BCUT2D eigenvalue weighted by molar-refractivity contribution is 6.10. The van der Waals surface area contributed by atoms with Gasteiger partial charge in [-0.15, -0.1) is 0 Å². The average Bonchev–Trinajstić information content (AvgIpc) is 3.21. The Morgan fingerprint density at radius 1 is 1.52 bits per heavy atom. The first kappa shape index (κ1) is 16.5. The minimum Gasteiger partial charge on any atom is -0.466 e. The summed E-state index contributed by atoms with van der Waals surface area (Å²) in [6, 6.07) is 7.18. The third kappa shape index (κ3) is 2.93. The van der Waals surface area contributed by atoms with Crippen LogP contribution in [-0.4, -0.2) is 53.7 Å². The predicted octanol–water partition coefficient (Wildman–Crippen LogP) is 0.713. The first-order valence-corrected chi connectivity index (χ1v) is 7.59. The van der Waals surface area contributed by atoms with Crippen LogP contribution in [0.15, 0.2) is 35.7 Å². The van der Waals surface area contributed by atoms with Gasteiger partial charge in [0.05, 0.1) is 37.5 Å². The van der Waals surface area contributed by atoms with Crippen molar-refractivity contribution >= 4 is 28.5 Å². The standard InChI is InChI=1S/C17H16N4O4/c1-25-17(24)12-9-21(4-5-22)16(23)15(12)20-14-7-10(8-18)6-13-11(14)2-3-19-13/h2-3,6-7,19-20,22H,4-5,9H2,1H3. The maximum Gasteiger partial charge on any atom is 0.337 e. The summed E-state index contributed by atoms with van der Waals surface area (Å²) in [7, 11) is 1.24. The fourth-order valence-electron chi connectivity index (χ4n) is 2.82. The number of nitrogens with zero attached hydrogens (tertiary/aromatic N) is 2. The molecule has 0 fully saturated rings. The van der Waals surface area contributed by atoms with E-state index in [4.69, 9.17) is 9.84 Å². The predicted molar refractivity (Wildman–Crippen MR) is 89.3 cm³/mol. The fraction of sp³-hybridized carbons (Fsp3) is 0.235. The van der Waals surface area contributed by atoms with Gasteiger partial charge in [-0.2, -0.15) is 5.26 Å². The number of benzene rings is 1. The number of carbonyl (C=O) groups excluding carboxylic acids is 2. The van der Waals surface area contributed by atoms with Crippen molar-refractivity contribution in [1.82, 2.24) is 9.88 Å². The number of hydrogen-bond acceptors (Lipinski definition) is 6. The van der Waals surface area contributed by atoms with E-state index in [1.54, 1.807) is 18.3 Å². The molecule has 0 bridgehead atoms. The summed E-state index contributed by atoms with van der Waals surface area (Å²) in [6.07, 6.45) is 1.72. The van der Waals surface area contributed by atoms with Gasteiger partial charge in [-0.05, 0) is 18.2 Å². The second-order valence-corrected chi connectivity index (χ2v) is 5.49. The number of fused-ring (bicyclic) bond motifs is 1. The number of aliphatic hydroxyl groups excluding tert-OH is 1. The molecule has 0 atom stereocenters. The van der Waals surface area contributed by atoms with Gasteiger partial charge in [-0.25, -0.2) is 4.79 Å². The molecule has 8 nitrogen and oxygen atoms in total. The van der Waals surface area contributed by atoms with Crippen LogP contribution in [-0.2, 0) is 14.3 Å². The Kier molecular flexibility index (Phi) is 4.41. The van der Waals surface area contributed by atoms with E-state index < -0.39 is 11.9 Å². The molecule has 1 amide bonds. The number of carbonyl (C=O) groups is 2. The molecule has 0 saturated carbocycles. The molecule has 0 spiro atoms. The number of hydrogen-bond donors (Lipinski definition) is 3. The largest absolute Gasteiger partial charge is 0.466 e. The summed E-state index contributed by atoms with van der Waals surface area (Å²) in [5, 5.41) is 22.0. The molecule has 3 N–H and O–H groups in total. The van der Waals surface area contributed by atoms with Crippen LogP contribution in [0.4, 0.5) is 5.69 Å². The van der Waals surface area contributed by atoms with Crippen molar-refractivity contribution < 1.29 is 19.4 Å². The SMILES string of the molecule is COC(=O)C1=C(Nc2cc(C#N)cc3[nH]ccc23)C(=O)N(CCO)C1. The van der Waals surface area contributed by atoms with Crippen molar-refractivity contribution in [1.29, 1.82) is 5.26 Å². The van der Waals surface area contributed by atoms with Crippen molar-refractivity contribution in [3.05, 3.63) is 41.2 Å². The van der Waals surface area contributed by atoms with Crippen LogP contribution in [0.25, 0.3) is 10.9 Å². The van der Waals surface area contributed by atoms with Crippen molar-refractivity contribution in [2.45, 2.75) is 0 Å². The highest BCUT2D eigenvalue weighted by Crippen LogP contribution is 2.29. The van der Waals surface area contributed by atoms with Gasteiger partial charge < -0.3 is 25.0 Å². The number of aromatic amines is 1. The zero-order chi connectivity index (χ0) is 18.0. The van der Waals surface area contributed by atoms with Crippen LogP contribution in [0.1, 0.15) is 5.56 Å². The van der Waals surface area contributed by atoms with Crippen molar-refractivity contribution in [2.24, 2.45) is 0 Å². The van der Waals surface area contributed by atoms with E-state index >= 15 is 0 Å². The quantitative estimate of drug-likeness (QED) is 0.690. The Balaban J connectivity index is 2.05. The van der Waals surface area contributed by atoms with Gasteiger partial charge >= 0.3 is 5.97 Å². The summed E-state index contributed by atoms with van der Waals surface area (Å²) < 4.78 is 4.76. The van der Waals surface area contributed by atoms with E-state index in [9.17, 15) is 14.9 Å². The van der Waals surface area contributed by atoms with E-state index in [1.165, 1.54) is 12.0 Å². The molecule has 2 aromatic rings. The Bertz CT molecular complexity index is 922. The van der Waals surface area contributed by atoms with E-state index in [0.29, 0.717) is 11.3 Å². The molecule has 0 aliphatic carbocycles. The number of H-pyrrole nitrogens is 1. The first-order chi connectivity index (χ1) is 12.1. The maximum atomic E-state index is 12.6. The number of aromatic nitrogens is 1. The molecule has 1 aliphatic rings. The normalized spacial score (nSPS) is 14.1. The number of aliphatic hydroxyl groups is 1. The lowest BCUT2D eigenvalue weighted by Crippen LogP contribution is -2.31. The number of nitrogens with one attached hydrogen (secondary N) is 2. The summed E-state index contributed by atoms with van der Waals surface area (Å²) in [4.78, 5) is 29.0. The average molecular weight is 340 g/mol. The Labute approximate surface area is 143 Å². The lowest BCUT2D eigenvalue weighted by Gasteiger charge is -2.15. The lowest BCUT2D eigenvalue weighted by atomic mass is 10.1. The van der Waals surface area contributed by atoms with E-state index in [2.05, 4.69) is 16.4 Å². The molecular weight excluding hydrogens is 324 g/mol. The molecule has 2 heterocycles. The molecule has 25 heavy (non-hydrogen) atoms. The van der Waals surface area contributed by atoms with E-state index in [1.807, 2.05) is 6.07 Å². The molecular formula is C17H16N4O4. The molecule has 1 aromatic heterocycles. The lowest BCUT2D eigenvalue weighted by molar-refractivity contribution is -0.136. The second kappa shape index (κ2) is 6.67. The van der Waals surface area contributed by atoms with Gasteiger partial charge in [-0.1, -0.05) is 0 Å². The Hall–Kier alpha value is -3.31. The van der Waals surface area contributed by atoms with Gasteiger partial charge in [-0.3, -0.25) is 4.79 Å². The highest BCUT2D eigenvalue weighted by atomic mass is 16.5. The number of nitriles is 1. The minimum atomic E-state index is -0.613. The molecule has 0 saturated heterocycles. The molecule has 0 radical (unpaired) electrons. The summed E-state index contributed by atoms with van der Waals surface area (Å²) in [6.45, 7) is -0.0373. The van der Waals surface area contributed by atoms with Gasteiger partial charge in [0.15, 0.2) is 0 Å². The van der Waals surface area contributed by atoms with Crippen LogP contribution in [0.2, 0.25) is 0 Å². The van der Waals surface area contributed by atoms with Crippen molar-refractivity contribution in [2.75, 3.05) is 32.1 Å². The second-order valence-electron chi connectivity index (χ2n) is 5.49. The monoisotopic (exact) mass is 340 g/mol. The van der Waals surface area contributed by atoms with E-state index in [0.717, 1.165) is 10.9 Å². The van der Waals surface area contributed by atoms with Crippen LogP contribution in [0.5, 0.6) is 0 Å². The number of ether oxygens (including phenoxy) is 1. The summed E-state index contributed by atoms with van der Waals surface area (Å²) in [5.74, 6) is -1.02. The van der Waals surface area contributed by atoms with Crippen LogP contribution < -0.4 is 5.32 Å². The zero-order valence-electron chi connectivity index (χ0n) is 13.5. The highest BCUT2D eigenvalue weighted by Gasteiger charge is 2.34. The van der Waals surface area contributed by atoms with Crippen LogP contribution in [0, 0.1) is 11.3 Å². The minimum absolute atomic E-state index is 0.0582. The zero-order valence-corrected chi connectivity index (χ0v) is 13.5. The Morgan fingerprint density at radius 2 is 2.32 bits per heavy atom. The number of methoxy groups -OCH3 is 1. The van der Waals surface area contributed by atoms with Gasteiger partial charge in [0.1, 0.15) is 5.70 Å². The number of anilines is 1. The van der Waals surface area contributed by atoms with Gasteiger partial charge in [0.25, 0.3) is 5.91 Å². The van der Waals surface area contributed by atoms with Crippen molar-refractivity contribution in [3.63, 3.8) is 0 Å². The third-order valence-electron chi connectivity index (χ3n) is 4.01. The van der Waals surface area contributed by atoms with Gasteiger partial charge in [0, 0.05) is 29.3 Å². The van der Waals surface area contributed by atoms with Gasteiger partial charge in [0.2, 0.25) is 0 Å². The molecule has 8 heteroatoms. The van der Waals surface area contributed by atoms with Crippen LogP contribution in [0.3, 0.4) is 0 Å². The topological polar surface area (TPSA) is 118 Å². The van der Waals surface area contributed by atoms with Crippen LogP contribution >= 0.6 is 0 Å². The van der Waals surface area contributed by atoms with Crippen molar-refractivity contribution in [3.8, 4) is 6.07 Å². The third-order valence-corrected chi connectivity index (χ3v) is 4.01. The summed E-state index contributed by atoms with van der Waals surface area (Å²) in [5.41, 5.74) is 1.96. The molecule has 128 valence electrons. The first-order valence-electron chi connectivity index (χ1n) is 7.59. The fourth-order valence-corrected chi connectivity index (χ4v) is 2.82. The number of esters is 1. The Morgan fingerprint density at radius 3 is 3.00 bits per heavy atom. The molecule has 0 unspecified atom stereocenters. The van der Waals surface area contributed by atoms with E-state index in [-0.39, 0.29) is 31.0 Å². The number of β-amino-alcohol motifs (C(OH)–C–C–N with tert-alkyl or cyclic N) is 1. The maximum absolute atomic E-state index is 12.6. The number of rotatable bonds is 5. The number of amides is 1. The molecule has 3 rings (SSSR count). The summed E-state index contributed by atoms with van der Waals surface area (Å²) >= 11 is 0. The smallest absolute Gasteiger partial charge is 0.337 e. The molecule has 1 aliphatic heterocycles. The molecule has 1 aromatic carbocycles.